The predicted octanol–water partition coefficient (Wildman–Crippen LogP) is 4.94. The van der Waals surface area contributed by atoms with Crippen LogP contribution in [-0.2, 0) is 30.9 Å². The lowest BCUT2D eigenvalue weighted by atomic mass is 9.78. The second-order valence-electron chi connectivity index (χ2n) is 10.4. The molecule has 41 heavy (non-hydrogen) atoms. The molecule has 0 aliphatic carbocycles. The SMILES string of the molecule is CCCC(=O)OCCOc1ccc(C(C)(C)c2ccc(OCCOC(=O)CCN(C)CCc3c[nH]cn3)cc2)cc1. The highest BCUT2D eigenvalue weighted by atomic mass is 16.6. The minimum atomic E-state index is -0.232. The lowest BCUT2D eigenvalue weighted by molar-refractivity contribution is -0.145. The van der Waals surface area contributed by atoms with E-state index in [-0.39, 0.29) is 30.6 Å². The molecular formula is C32H43N3O6. The minimum Gasteiger partial charge on any atom is -0.490 e. The van der Waals surface area contributed by atoms with Crippen molar-refractivity contribution in [2.75, 3.05) is 46.6 Å². The first kappa shape index (κ1) is 31.7. The first-order valence-electron chi connectivity index (χ1n) is 14.2. The van der Waals surface area contributed by atoms with Crippen molar-refractivity contribution in [3.05, 3.63) is 77.9 Å². The van der Waals surface area contributed by atoms with Crippen molar-refractivity contribution in [1.82, 2.24) is 14.9 Å². The summed E-state index contributed by atoms with van der Waals surface area (Å²) in [7, 11) is 1.98. The van der Waals surface area contributed by atoms with Crippen LogP contribution in [0.4, 0.5) is 0 Å². The summed E-state index contributed by atoms with van der Waals surface area (Å²) in [6.45, 7) is 8.80. The number of esters is 2. The highest BCUT2D eigenvalue weighted by molar-refractivity contribution is 5.69. The zero-order chi connectivity index (χ0) is 29.5. The average Bonchev–Trinajstić information content (AvgIpc) is 3.50. The van der Waals surface area contributed by atoms with E-state index in [1.54, 1.807) is 6.33 Å². The van der Waals surface area contributed by atoms with Crippen LogP contribution in [0.15, 0.2) is 61.1 Å². The van der Waals surface area contributed by atoms with Gasteiger partial charge in [-0.1, -0.05) is 45.0 Å². The number of benzene rings is 2. The third-order valence-corrected chi connectivity index (χ3v) is 6.84. The summed E-state index contributed by atoms with van der Waals surface area (Å²) >= 11 is 0. The van der Waals surface area contributed by atoms with Crippen molar-refractivity contribution in [3.63, 3.8) is 0 Å². The first-order chi connectivity index (χ1) is 19.8. The number of H-pyrrole nitrogens is 1. The predicted molar refractivity (Wildman–Crippen MR) is 157 cm³/mol. The summed E-state index contributed by atoms with van der Waals surface area (Å²) in [5, 5.41) is 0. The van der Waals surface area contributed by atoms with Gasteiger partial charge in [0.25, 0.3) is 0 Å². The summed E-state index contributed by atoms with van der Waals surface area (Å²) in [6, 6.07) is 15.9. The number of rotatable bonds is 18. The number of carbonyl (C=O) groups excluding carboxylic acids is 2. The second kappa shape index (κ2) is 16.4. The van der Waals surface area contributed by atoms with Crippen LogP contribution in [0, 0.1) is 0 Å². The van der Waals surface area contributed by atoms with Crippen LogP contribution >= 0.6 is 0 Å². The van der Waals surface area contributed by atoms with Crippen LogP contribution in [0.5, 0.6) is 11.5 Å². The lowest BCUT2D eigenvalue weighted by Crippen LogP contribution is -2.25. The van der Waals surface area contributed by atoms with Gasteiger partial charge in [-0.15, -0.1) is 0 Å². The first-order valence-corrected chi connectivity index (χ1v) is 14.2. The van der Waals surface area contributed by atoms with Gasteiger partial charge >= 0.3 is 11.9 Å². The van der Waals surface area contributed by atoms with Crippen LogP contribution in [0.2, 0.25) is 0 Å². The van der Waals surface area contributed by atoms with E-state index in [4.69, 9.17) is 18.9 Å². The Balaban J connectivity index is 1.35. The number of aromatic nitrogens is 2. The summed E-state index contributed by atoms with van der Waals surface area (Å²) in [5.41, 5.74) is 3.07. The fourth-order valence-corrected chi connectivity index (χ4v) is 4.21. The van der Waals surface area contributed by atoms with Crippen LogP contribution in [0.25, 0.3) is 0 Å². The number of hydrogen-bond donors (Lipinski definition) is 1. The number of carbonyl (C=O) groups is 2. The van der Waals surface area contributed by atoms with Gasteiger partial charge in [-0.25, -0.2) is 4.98 Å². The van der Waals surface area contributed by atoms with Gasteiger partial charge in [0.1, 0.15) is 37.9 Å². The van der Waals surface area contributed by atoms with Crippen molar-refractivity contribution in [2.24, 2.45) is 0 Å². The van der Waals surface area contributed by atoms with Gasteiger partial charge in [0, 0.05) is 37.5 Å². The van der Waals surface area contributed by atoms with Gasteiger partial charge in [0.05, 0.1) is 18.4 Å². The van der Waals surface area contributed by atoms with Crippen molar-refractivity contribution in [2.45, 2.75) is 51.9 Å². The number of hydrogen-bond acceptors (Lipinski definition) is 8. The Labute approximate surface area is 243 Å². The Morgan fingerprint density at radius 1 is 0.805 bits per heavy atom. The van der Waals surface area contributed by atoms with Gasteiger partial charge in [0.15, 0.2) is 0 Å². The Kier molecular flexibility index (Phi) is 12.7. The molecule has 1 aromatic heterocycles. The molecule has 0 aliphatic heterocycles. The molecule has 1 heterocycles. The maximum atomic E-state index is 12.1. The molecule has 0 aliphatic rings. The number of nitrogens with zero attached hydrogens (tertiary/aromatic N) is 2. The molecule has 0 unspecified atom stereocenters. The molecule has 3 aromatic rings. The number of imidazole rings is 1. The topological polar surface area (TPSA) is 103 Å². The fourth-order valence-electron chi connectivity index (χ4n) is 4.21. The molecular weight excluding hydrogens is 522 g/mol. The van der Waals surface area contributed by atoms with Crippen molar-refractivity contribution in [3.8, 4) is 11.5 Å². The van der Waals surface area contributed by atoms with Crippen LogP contribution in [-0.4, -0.2) is 73.4 Å². The maximum absolute atomic E-state index is 12.1. The number of nitrogens with one attached hydrogen (secondary N) is 1. The normalized spacial score (nSPS) is 11.3. The average molecular weight is 566 g/mol. The molecule has 0 saturated carbocycles. The highest BCUT2D eigenvalue weighted by Crippen LogP contribution is 2.33. The summed E-state index contributed by atoms with van der Waals surface area (Å²) in [4.78, 5) is 32.7. The van der Waals surface area contributed by atoms with E-state index < -0.39 is 0 Å². The molecule has 0 atom stereocenters. The molecule has 222 valence electrons. The van der Waals surface area contributed by atoms with E-state index in [0.29, 0.717) is 32.6 Å². The zero-order valence-corrected chi connectivity index (χ0v) is 24.7. The zero-order valence-electron chi connectivity index (χ0n) is 24.7. The molecule has 0 spiro atoms. The molecule has 0 fully saturated rings. The van der Waals surface area contributed by atoms with Crippen LogP contribution in [0.3, 0.4) is 0 Å². The summed E-state index contributed by atoms with van der Waals surface area (Å²) in [5.74, 6) is 1.03. The Bertz CT molecular complexity index is 1180. The Morgan fingerprint density at radius 2 is 1.34 bits per heavy atom. The van der Waals surface area contributed by atoms with Crippen molar-refractivity contribution in [1.29, 1.82) is 0 Å². The van der Waals surface area contributed by atoms with Crippen molar-refractivity contribution >= 4 is 11.9 Å². The third kappa shape index (κ3) is 10.9. The van der Waals surface area contributed by atoms with E-state index in [1.165, 1.54) is 0 Å². The monoisotopic (exact) mass is 565 g/mol. The molecule has 0 amide bonds. The van der Waals surface area contributed by atoms with Gasteiger partial charge in [0.2, 0.25) is 0 Å². The molecule has 9 heteroatoms. The van der Waals surface area contributed by atoms with E-state index in [1.807, 2.05) is 56.6 Å². The Morgan fingerprint density at radius 3 is 1.83 bits per heavy atom. The third-order valence-electron chi connectivity index (χ3n) is 6.84. The maximum Gasteiger partial charge on any atom is 0.307 e. The van der Waals surface area contributed by atoms with E-state index in [2.05, 4.69) is 40.8 Å². The fraction of sp³-hybridized carbons (Fsp3) is 0.469. The quantitative estimate of drug-likeness (QED) is 0.171. The largest absolute Gasteiger partial charge is 0.490 e. The van der Waals surface area contributed by atoms with E-state index in [0.717, 1.165) is 47.7 Å². The second-order valence-corrected chi connectivity index (χ2v) is 10.4. The van der Waals surface area contributed by atoms with Gasteiger partial charge in [-0.3, -0.25) is 9.59 Å². The Hall–Kier alpha value is -3.85. The molecule has 0 radical (unpaired) electrons. The highest BCUT2D eigenvalue weighted by Gasteiger charge is 2.23. The molecule has 1 N–H and O–H groups in total. The van der Waals surface area contributed by atoms with Crippen LogP contribution in [0.1, 0.15) is 56.9 Å². The number of ether oxygens (including phenoxy) is 4. The number of aromatic amines is 1. The van der Waals surface area contributed by atoms with E-state index in [9.17, 15) is 9.59 Å². The van der Waals surface area contributed by atoms with Gasteiger partial charge < -0.3 is 28.8 Å². The molecule has 0 saturated heterocycles. The molecule has 2 aromatic carbocycles. The smallest absolute Gasteiger partial charge is 0.307 e. The van der Waals surface area contributed by atoms with Crippen LogP contribution < -0.4 is 9.47 Å². The van der Waals surface area contributed by atoms with Crippen molar-refractivity contribution < 1.29 is 28.5 Å². The summed E-state index contributed by atoms with van der Waals surface area (Å²) < 4.78 is 21.9. The minimum absolute atomic E-state index is 0.194. The molecule has 9 nitrogen and oxygen atoms in total. The van der Waals surface area contributed by atoms with E-state index >= 15 is 0 Å². The lowest BCUT2D eigenvalue weighted by Gasteiger charge is -2.26. The number of likely N-dealkylation sites (N-methyl/N-ethyl adjacent to an activating group) is 1. The summed E-state index contributed by atoms with van der Waals surface area (Å²) in [6.07, 6.45) is 5.92. The molecule has 0 bridgehead atoms. The standard InChI is InChI=1S/C32H43N3O6/c1-5-6-30(36)40-21-19-38-28-11-7-25(8-12-28)32(2,3)26-9-13-29(14-10-26)39-20-22-41-31(37)16-18-35(4)17-15-27-23-33-24-34-27/h7-14,23-24H,5-6,15-22H2,1-4H3,(H,33,34). The van der Waals surface area contributed by atoms with Gasteiger partial charge in [-0.2, -0.15) is 0 Å². The molecule has 3 rings (SSSR count). The van der Waals surface area contributed by atoms with Gasteiger partial charge in [-0.05, 0) is 48.9 Å².